The number of carbonyl (C=O) groups excluding carboxylic acids is 1. The van der Waals surface area contributed by atoms with Crippen molar-refractivity contribution in [2.75, 3.05) is 13.7 Å². The largest absolute Gasteiger partial charge is 0.460 e. The third-order valence-corrected chi connectivity index (χ3v) is 1.80. The molecule has 0 aliphatic carbocycles. The van der Waals surface area contributed by atoms with Gasteiger partial charge in [-0.15, -0.1) is 17.5 Å². The zero-order valence-corrected chi connectivity index (χ0v) is 9.72. The molecule has 86 valence electrons. The number of ether oxygens (including phenoxy) is 1. The lowest BCUT2D eigenvalue weighted by atomic mass is 10.3. The molecule has 6 nitrogen and oxygen atoms in total. The minimum absolute atomic E-state index is 0. The first-order chi connectivity index (χ1) is 6.69. The molecule has 0 saturated heterocycles. The van der Waals surface area contributed by atoms with Crippen molar-refractivity contribution in [1.29, 1.82) is 0 Å². The number of hydrogen-bond donors (Lipinski definition) is 2. The molecule has 1 rings (SSSR count). The third kappa shape index (κ3) is 3.49. The van der Waals surface area contributed by atoms with Gasteiger partial charge in [-0.3, -0.25) is 5.10 Å². The summed E-state index contributed by atoms with van der Waals surface area (Å²) in [7, 11) is 1.80. The van der Waals surface area contributed by atoms with Gasteiger partial charge in [-0.25, -0.2) is 9.78 Å². The number of carbonyl (C=O) groups is 1. The quantitative estimate of drug-likeness (QED) is 0.749. The Morgan fingerprint density at radius 3 is 2.87 bits per heavy atom. The Labute approximate surface area is 94.2 Å². The van der Waals surface area contributed by atoms with Crippen molar-refractivity contribution in [2.45, 2.75) is 19.9 Å². The number of esters is 1. The number of halogens is 1. The molecule has 1 heterocycles. The molecule has 7 heteroatoms. The molecule has 1 aromatic heterocycles. The molecule has 0 spiro atoms. The monoisotopic (exact) mass is 234 g/mol. The summed E-state index contributed by atoms with van der Waals surface area (Å²) < 4.78 is 4.75. The van der Waals surface area contributed by atoms with Crippen LogP contribution in [0.15, 0.2) is 0 Å². The van der Waals surface area contributed by atoms with E-state index in [2.05, 4.69) is 20.5 Å². The summed E-state index contributed by atoms with van der Waals surface area (Å²) in [4.78, 5) is 15.2. The van der Waals surface area contributed by atoms with E-state index < -0.39 is 5.97 Å². The van der Waals surface area contributed by atoms with E-state index in [-0.39, 0.29) is 24.3 Å². The summed E-state index contributed by atoms with van der Waals surface area (Å²) >= 11 is 0. The molecule has 0 amide bonds. The Balaban J connectivity index is 0.00000196. The van der Waals surface area contributed by atoms with Crippen LogP contribution in [0.2, 0.25) is 0 Å². The second-order valence-electron chi connectivity index (χ2n) is 2.78. The van der Waals surface area contributed by atoms with Crippen LogP contribution in [-0.2, 0) is 4.74 Å². The average molecular weight is 235 g/mol. The van der Waals surface area contributed by atoms with Gasteiger partial charge in [0.2, 0.25) is 0 Å². The number of hydrogen-bond acceptors (Lipinski definition) is 5. The van der Waals surface area contributed by atoms with Gasteiger partial charge in [0, 0.05) is 0 Å². The van der Waals surface area contributed by atoms with Crippen LogP contribution in [0.25, 0.3) is 0 Å². The minimum Gasteiger partial charge on any atom is -0.460 e. The fourth-order valence-corrected chi connectivity index (χ4v) is 0.892. The Morgan fingerprint density at radius 2 is 2.33 bits per heavy atom. The van der Waals surface area contributed by atoms with Gasteiger partial charge in [-0.1, -0.05) is 0 Å². The Bertz CT molecular complexity index is 315. The van der Waals surface area contributed by atoms with Gasteiger partial charge in [-0.05, 0) is 20.9 Å². The number of nitrogens with one attached hydrogen (secondary N) is 2. The molecule has 0 aromatic carbocycles. The van der Waals surface area contributed by atoms with Crippen molar-refractivity contribution in [2.24, 2.45) is 0 Å². The van der Waals surface area contributed by atoms with Gasteiger partial charge in [0.25, 0.3) is 5.82 Å². The number of aromatic nitrogens is 3. The molecule has 0 aliphatic rings. The van der Waals surface area contributed by atoms with Crippen LogP contribution in [-0.4, -0.2) is 34.8 Å². The maximum Gasteiger partial charge on any atom is 0.378 e. The summed E-state index contributed by atoms with van der Waals surface area (Å²) in [6.45, 7) is 3.97. The van der Waals surface area contributed by atoms with E-state index >= 15 is 0 Å². The highest BCUT2D eigenvalue weighted by Gasteiger charge is 2.15. The highest BCUT2D eigenvalue weighted by molar-refractivity contribution is 5.85. The SMILES string of the molecule is CCOC(=O)c1n[nH]c(C(C)NC)n1.Cl. The Kier molecular flexibility index (Phi) is 5.88. The molecule has 0 fully saturated rings. The predicted octanol–water partition coefficient (Wildman–Crippen LogP) is 0.684. The maximum atomic E-state index is 11.2. The van der Waals surface area contributed by atoms with E-state index in [9.17, 15) is 4.79 Å². The topological polar surface area (TPSA) is 79.9 Å². The molecule has 1 unspecified atom stereocenters. The second-order valence-corrected chi connectivity index (χ2v) is 2.78. The average Bonchev–Trinajstić information content (AvgIpc) is 2.66. The molecule has 2 N–H and O–H groups in total. The first kappa shape index (κ1) is 13.9. The summed E-state index contributed by atoms with van der Waals surface area (Å²) in [5.74, 6) is 0.192. The second kappa shape index (κ2) is 6.36. The Hall–Kier alpha value is -1.14. The molecule has 0 saturated carbocycles. The number of aromatic amines is 1. The van der Waals surface area contributed by atoms with Crippen molar-refractivity contribution in [3.8, 4) is 0 Å². The molecular weight excluding hydrogens is 220 g/mol. The predicted molar refractivity (Wildman–Crippen MR) is 57.1 cm³/mol. The zero-order chi connectivity index (χ0) is 10.6. The van der Waals surface area contributed by atoms with Crippen LogP contribution < -0.4 is 5.32 Å². The third-order valence-electron chi connectivity index (χ3n) is 1.80. The lowest BCUT2D eigenvalue weighted by Gasteiger charge is -2.03. The molecule has 1 atom stereocenters. The van der Waals surface area contributed by atoms with Crippen molar-refractivity contribution in [3.63, 3.8) is 0 Å². The summed E-state index contributed by atoms with van der Waals surface area (Å²) in [5, 5.41) is 9.40. The van der Waals surface area contributed by atoms with Gasteiger partial charge in [0.05, 0.1) is 12.6 Å². The number of nitrogens with zero attached hydrogens (tertiary/aromatic N) is 2. The number of rotatable bonds is 4. The maximum absolute atomic E-state index is 11.2. The molecular formula is C8H15ClN4O2. The van der Waals surface area contributed by atoms with Gasteiger partial charge in [0.15, 0.2) is 0 Å². The Morgan fingerprint density at radius 1 is 1.67 bits per heavy atom. The minimum atomic E-state index is -0.502. The van der Waals surface area contributed by atoms with Gasteiger partial charge < -0.3 is 10.1 Å². The zero-order valence-electron chi connectivity index (χ0n) is 8.90. The van der Waals surface area contributed by atoms with Crippen molar-refractivity contribution < 1.29 is 9.53 Å². The molecule has 1 aromatic rings. The van der Waals surface area contributed by atoms with E-state index in [0.717, 1.165) is 0 Å². The lowest BCUT2D eigenvalue weighted by Crippen LogP contribution is -2.14. The van der Waals surface area contributed by atoms with Gasteiger partial charge in [-0.2, -0.15) is 0 Å². The van der Waals surface area contributed by atoms with E-state index in [4.69, 9.17) is 4.74 Å². The lowest BCUT2D eigenvalue weighted by molar-refractivity contribution is 0.0512. The smallest absolute Gasteiger partial charge is 0.378 e. The molecule has 0 radical (unpaired) electrons. The molecule has 0 bridgehead atoms. The van der Waals surface area contributed by atoms with E-state index in [1.807, 2.05) is 6.92 Å². The summed E-state index contributed by atoms with van der Waals surface area (Å²) in [5.41, 5.74) is 0. The van der Waals surface area contributed by atoms with Crippen molar-refractivity contribution >= 4 is 18.4 Å². The standard InChI is InChI=1S/C8H14N4O2.ClH/c1-4-14-8(13)7-10-6(11-12-7)5(2)9-3;/h5,9H,4H2,1-3H3,(H,10,11,12);1H. The van der Waals surface area contributed by atoms with E-state index in [1.165, 1.54) is 0 Å². The van der Waals surface area contributed by atoms with Crippen molar-refractivity contribution in [1.82, 2.24) is 20.5 Å². The summed E-state index contributed by atoms with van der Waals surface area (Å²) in [6.07, 6.45) is 0. The van der Waals surface area contributed by atoms with Crippen LogP contribution in [0.4, 0.5) is 0 Å². The highest BCUT2D eigenvalue weighted by Crippen LogP contribution is 2.05. The molecule has 0 aliphatic heterocycles. The van der Waals surface area contributed by atoms with Crippen LogP contribution in [0, 0.1) is 0 Å². The van der Waals surface area contributed by atoms with Crippen LogP contribution in [0.1, 0.15) is 36.3 Å². The number of H-pyrrole nitrogens is 1. The van der Waals surface area contributed by atoms with Crippen molar-refractivity contribution in [3.05, 3.63) is 11.6 Å². The van der Waals surface area contributed by atoms with Gasteiger partial charge >= 0.3 is 5.97 Å². The fourth-order valence-electron chi connectivity index (χ4n) is 0.892. The first-order valence-electron chi connectivity index (χ1n) is 4.45. The van der Waals surface area contributed by atoms with Crippen LogP contribution >= 0.6 is 12.4 Å². The van der Waals surface area contributed by atoms with Crippen LogP contribution in [0.5, 0.6) is 0 Å². The van der Waals surface area contributed by atoms with E-state index in [1.54, 1.807) is 14.0 Å². The van der Waals surface area contributed by atoms with E-state index in [0.29, 0.717) is 12.4 Å². The first-order valence-corrected chi connectivity index (χ1v) is 4.45. The van der Waals surface area contributed by atoms with Gasteiger partial charge in [0.1, 0.15) is 5.82 Å². The highest BCUT2D eigenvalue weighted by atomic mass is 35.5. The molecule has 15 heavy (non-hydrogen) atoms. The summed E-state index contributed by atoms with van der Waals surface area (Å²) in [6, 6.07) is 0.0330. The normalized spacial score (nSPS) is 11.7. The van der Waals surface area contributed by atoms with Crippen LogP contribution in [0.3, 0.4) is 0 Å². The fraction of sp³-hybridized carbons (Fsp3) is 0.625.